The highest BCUT2D eigenvalue weighted by Gasteiger charge is 2.72. The molecule has 2 aliphatic rings. The monoisotopic (exact) mass is 317 g/mol. The van der Waals surface area contributed by atoms with E-state index in [-0.39, 0.29) is 12.2 Å². The van der Waals surface area contributed by atoms with Crippen LogP contribution in [0.1, 0.15) is 33.1 Å². The number of rotatable bonds is 7. The molecule has 2 rings (SSSR count). The molecule has 0 aromatic heterocycles. The maximum atomic E-state index is 12.4. The minimum atomic E-state index is -4.48. The van der Waals surface area contributed by atoms with E-state index < -0.39 is 32.3 Å². The van der Waals surface area contributed by atoms with Crippen molar-refractivity contribution in [3.05, 3.63) is 12.8 Å². The van der Waals surface area contributed by atoms with Crippen LogP contribution in [0.25, 0.3) is 0 Å². The molecule has 0 radical (unpaired) electrons. The quantitative estimate of drug-likeness (QED) is 0.398. The molecular weight excluding hydrogens is 296 g/mol. The summed E-state index contributed by atoms with van der Waals surface area (Å²) in [6.45, 7) is 7.70. The average molecular weight is 317 g/mol. The van der Waals surface area contributed by atoms with Crippen molar-refractivity contribution in [1.29, 1.82) is 0 Å². The predicted octanol–water partition coefficient (Wildman–Crippen LogP) is 1.23. The Morgan fingerprint density at radius 1 is 1.33 bits per heavy atom. The molecule has 2 aliphatic carbocycles. The van der Waals surface area contributed by atoms with Crippen LogP contribution in [-0.4, -0.2) is 43.3 Å². The molecule has 2 atom stereocenters. The lowest BCUT2D eigenvalue weighted by atomic mass is 9.69. The SMILES string of the molecule is C=COCCOC12CCC(CS(=O)(=O)[O-])(C(=O)C1)C2(C)C. The van der Waals surface area contributed by atoms with Gasteiger partial charge in [-0.2, -0.15) is 0 Å². The van der Waals surface area contributed by atoms with Gasteiger partial charge in [-0.3, -0.25) is 4.79 Å². The Bertz CT molecular complexity index is 552. The van der Waals surface area contributed by atoms with Gasteiger partial charge in [-0.15, -0.1) is 0 Å². The molecule has 0 N–H and O–H groups in total. The van der Waals surface area contributed by atoms with Gasteiger partial charge in [-0.05, 0) is 12.8 Å². The first-order valence-corrected chi connectivity index (χ1v) is 8.51. The van der Waals surface area contributed by atoms with E-state index in [1.807, 2.05) is 13.8 Å². The number of hydrogen-bond acceptors (Lipinski definition) is 6. The summed E-state index contributed by atoms with van der Waals surface area (Å²) < 4.78 is 44.6. The number of Topliss-reactive ketones (excluding diaryl/α,β-unsaturated/α-hetero) is 1. The number of hydrogen-bond donors (Lipinski definition) is 0. The first-order chi connectivity index (χ1) is 9.60. The van der Waals surface area contributed by atoms with Crippen molar-refractivity contribution in [2.24, 2.45) is 10.8 Å². The van der Waals surface area contributed by atoms with Gasteiger partial charge in [0.2, 0.25) is 0 Å². The van der Waals surface area contributed by atoms with E-state index in [1.54, 1.807) is 0 Å². The normalized spacial score (nSPS) is 34.1. The molecule has 0 amide bonds. The summed E-state index contributed by atoms with van der Waals surface area (Å²) in [4.78, 5) is 12.4. The molecule has 0 spiro atoms. The number of carbonyl (C=O) groups is 1. The van der Waals surface area contributed by atoms with Crippen LogP contribution in [0.15, 0.2) is 12.8 Å². The summed E-state index contributed by atoms with van der Waals surface area (Å²) in [5.41, 5.74) is -2.52. The highest BCUT2D eigenvalue weighted by atomic mass is 32.2. The van der Waals surface area contributed by atoms with E-state index in [9.17, 15) is 17.8 Å². The summed E-state index contributed by atoms with van der Waals surface area (Å²) in [6, 6.07) is 0. The van der Waals surface area contributed by atoms with Gasteiger partial charge in [0, 0.05) is 17.3 Å². The standard InChI is InChI=1S/C14H22O6S/c1-4-19-7-8-20-14-6-5-13(11(15)9-14,12(14,2)3)10-21(16,17)18/h4H,1,5-10H2,2-3H3,(H,16,17,18)/p-1. The molecule has 21 heavy (non-hydrogen) atoms. The summed E-state index contributed by atoms with van der Waals surface area (Å²) in [5.74, 6) is -0.817. The minimum Gasteiger partial charge on any atom is -0.748 e. The second kappa shape index (κ2) is 5.07. The average Bonchev–Trinajstić information content (AvgIpc) is 2.63. The molecule has 2 fully saturated rings. The Kier molecular flexibility index (Phi) is 3.97. The van der Waals surface area contributed by atoms with Crippen molar-refractivity contribution in [1.82, 2.24) is 0 Å². The summed E-state index contributed by atoms with van der Waals surface area (Å²) >= 11 is 0. The van der Waals surface area contributed by atoms with Crippen molar-refractivity contribution in [2.75, 3.05) is 19.0 Å². The Labute approximate surface area is 125 Å². The Hall–Kier alpha value is -0.920. The minimum absolute atomic E-state index is 0.156. The van der Waals surface area contributed by atoms with Crippen molar-refractivity contribution >= 4 is 15.9 Å². The fourth-order valence-corrected chi connectivity index (χ4v) is 5.28. The van der Waals surface area contributed by atoms with Gasteiger partial charge < -0.3 is 14.0 Å². The van der Waals surface area contributed by atoms with Crippen molar-refractivity contribution in [3.63, 3.8) is 0 Å². The van der Waals surface area contributed by atoms with Gasteiger partial charge in [0.1, 0.15) is 12.4 Å². The molecule has 0 aromatic carbocycles. The van der Waals surface area contributed by atoms with Gasteiger partial charge >= 0.3 is 0 Å². The summed E-state index contributed by atoms with van der Waals surface area (Å²) in [5, 5.41) is 0. The zero-order chi connectivity index (χ0) is 15.9. The highest BCUT2D eigenvalue weighted by molar-refractivity contribution is 7.85. The zero-order valence-electron chi connectivity index (χ0n) is 12.4. The van der Waals surface area contributed by atoms with Crippen LogP contribution in [0.5, 0.6) is 0 Å². The molecule has 2 saturated carbocycles. The van der Waals surface area contributed by atoms with Crippen molar-refractivity contribution in [3.8, 4) is 0 Å². The zero-order valence-corrected chi connectivity index (χ0v) is 13.2. The first-order valence-electron chi connectivity index (χ1n) is 6.94. The number of ether oxygens (including phenoxy) is 2. The largest absolute Gasteiger partial charge is 0.748 e. The van der Waals surface area contributed by atoms with E-state index in [4.69, 9.17) is 9.47 Å². The van der Waals surface area contributed by atoms with Gasteiger partial charge in [-0.1, -0.05) is 20.4 Å². The third-order valence-electron chi connectivity index (χ3n) is 5.39. The predicted molar refractivity (Wildman–Crippen MR) is 74.5 cm³/mol. The van der Waals surface area contributed by atoms with E-state index in [0.29, 0.717) is 26.1 Å². The van der Waals surface area contributed by atoms with Crippen LogP contribution in [0.3, 0.4) is 0 Å². The van der Waals surface area contributed by atoms with Crippen LogP contribution in [-0.2, 0) is 24.4 Å². The second-order valence-electron chi connectivity index (χ2n) is 6.39. The Balaban J connectivity index is 2.25. The smallest absolute Gasteiger partial charge is 0.143 e. The van der Waals surface area contributed by atoms with Gasteiger partial charge in [-0.25, -0.2) is 8.42 Å². The van der Waals surface area contributed by atoms with Gasteiger partial charge in [0.25, 0.3) is 0 Å². The van der Waals surface area contributed by atoms with Crippen LogP contribution in [0.4, 0.5) is 0 Å². The lowest BCUT2D eigenvalue weighted by Gasteiger charge is -2.41. The Morgan fingerprint density at radius 3 is 2.52 bits per heavy atom. The lowest BCUT2D eigenvalue weighted by molar-refractivity contribution is -0.129. The number of ketones is 1. The third kappa shape index (κ3) is 2.41. The van der Waals surface area contributed by atoms with E-state index in [1.165, 1.54) is 6.26 Å². The summed E-state index contributed by atoms with van der Waals surface area (Å²) in [6.07, 6.45) is 2.43. The van der Waals surface area contributed by atoms with Gasteiger partial charge in [0.05, 0.1) is 34.3 Å². The number of carbonyl (C=O) groups excluding carboxylic acids is 1. The maximum absolute atomic E-state index is 12.4. The van der Waals surface area contributed by atoms with Crippen LogP contribution >= 0.6 is 0 Å². The van der Waals surface area contributed by atoms with Gasteiger partial charge in [0.15, 0.2) is 0 Å². The molecule has 0 heterocycles. The van der Waals surface area contributed by atoms with E-state index in [0.717, 1.165) is 0 Å². The fraction of sp³-hybridized carbons (Fsp3) is 0.786. The third-order valence-corrected chi connectivity index (χ3v) is 6.24. The first kappa shape index (κ1) is 16.5. The lowest BCUT2D eigenvalue weighted by Crippen LogP contribution is -2.46. The molecule has 120 valence electrons. The molecule has 7 heteroatoms. The molecule has 6 nitrogen and oxygen atoms in total. The molecule has 0 aromatic rings. The topological polar surface area (TPSA) is 92.7 Å². The fourth-order valence-electron chi connectivity index (χ4n) is 4.01. The number of fused-ring (bicyclic) bond motifs is 2. The van der Waals surface area contributed by atoms with Crippen LogP contribution in [0.2, 0.25) is 0 Å². The summed E-state index contributed by atoms with van der Waals surface area (Å²) in [7, 11) is -4.48. The van der Waals surface area contributed by atoms with Crippen LogP contribution < -0.4 is 0 Å². The molecular formula is C14H21O6S-. The van der Waals surface area contributed by atoms with Crippen LogP contribution in [0, 0.1) is 10.8 Å². The van der Waals surface area contributed by atoms with E-state index >= 15 is 0 Å². The Morgan fingerprint density at radius 2 is 2.00 bits per heavy atom. The second-order valence-corrected chi connectivity index (χ2v) is 7.79. The molecule has 2 unspecified atom stereocenters. The molecule has 0 aliphatic heterocycles. The van der Waals surface area contributed by atoms with Crippen molar-refractivity contribution in [2.45, 2.75) is 38.7 Å². The highest BCUT2D eigenvalue weighted by Crippen LogP contribution is 2.67. The van der Waals surface area contributed by atoms with E-state index in [2.05, 4.69) is 6.58 Å². The maximum Gasteiger partial charge on any atom is 0.143 e. The van der Waals surface area contributed by atoms with Crippen molar-refractivity contribution < 1.29 is 27.2 Å². The molecule has 0 saturated heterocycles. The molecule has 2 bridgehead atoms.